The van der Waals surface area contributed by atoms with Crippen LogP contribution in [0.25, 0.3) is 33.4 Å². The van der Waals surface area contributed by atoms with E-state index >= 15 is 0 Å². The van der Waals surface area contributed by atoms with Gasteiger partial charge in [0, 0.05) is 69.3 Å². The molecule has 7 N–H and O–H groups in total. The van der Waals surface area contributed by atoms with Gasteiger partial charge in [0.05, 0.1) is 17.8 Å². The van der Waals surface area contributed by atoms with Gasteiger partial charge in [-0.05, 0) is 92.6 Å². The van der Waals surface area contributed by atoms with Gasteiger partial charge in [-0.1, -0.05) is 29.8 Å². The second-order valence-electron chi connectivity index (χ2n) is 13.2. The van der Waals surface area contributed by atoms with Crippen LogP contribution >= 0.6 is 35.2 Å². The Morgan fingerprint density at radius 3 is 2.33 bits per heavy atom. The van der Waals surface area contributed by atoms with Crippen molar-refractivity contribution in [3.8, 4) is 28.2 Å². The summed E-state index contributed by atoms with van der Waals surface area (Å²) in [6, 6.07) is 21.5. The van der Waals surface area contributed by atoms with Crippen LogP contribution in [0.2, 0.25) is 5.02 Å². The molecule has 1 atom stereocenters. The number of aliphatic imine (C=N–C) groups is 1. The van der Waals surface area contributed by atoms with Crippen LogP contribution in [0.5, 0.6) is 5.75 Å². The lowest BCUT2D eigenvalue weighted by Gasteiger charge is -2.26. The molecule has 0 saturated heterocycles. The smallest absolute Gasteiger partial charge is 0.336 e. The molecule has 3 aliphatic heterocycles. The summed E-state index contributed by atoms with van der Waals surface area (Å²) in [5, 5.41) is 31.6. The zero-order chi connectivity index (χ0) is 41.3. The van der Waals surface area contributed by atoms with Gasteiger partial charge >= 0.3 is 5.97 Å². The number of amidine groups is 1. The molecule has 13 nitrogen and oxygen atoms in total. The minimum absolute atomic E-state index is 0.0133. The molecule has 0 saturated carbocycles. The number of aromatic carboxylic acids is 1. The van der Waals surface area contributed by atoms with E-state index in [1.54, 1.807) is 24.3 Å². The number of thiocarbonyl (C=S) groups is 1. The lowest BCUT2D eigenvalue weighted by Crippen LogP contribution is -2.41. The number of aryl methyl sites for hydroxylation is 1. The van der Waals surface area contributed by atoms with Gasteiger partial charge in [0.25, 0.3) is 0 Å². The number of primary amides is 1. The maximum atomic E-state index is 12.0. The Labute approximate surface area is 341 Å². The number of anilines is 2. The third-order valence-corrected chi connectivity index (χ3v) is 10.8. The van der Waals surface area contributed by atoms with Crippen LogP contribution < -0.4 is 27.1 Å². The van der Waals surface area contributed by atoms with Crippen molar-refractivity contribution >= 4 is 85.3 Å². The zero-order valence-corrected chi connectivity index (χ0v) is 33.8. The highest BCUT2D eigenvalue weighted by Gasteiger charge is 2.37. The van der Waals surface area contributed by atoms with Crippen molar-refractivity contribution in [2.45, 2.75) is 33.9 Å². The number of nitrogens with zero attached hydrogens (tertiary/aromatic N) is 4. The highest BCUT2D eigenvalue weighted by molar-refractivity contribution is 7.80. The van der Waals surface area contributed by atoms with E-state index in [4.69, 9.17) is 39.0 Å². The van der Waals surface area contributed by atoms with Gasteiger partial charge in [0.1, 0.15) is 34.1 Å². The molecule has 8 rings (SSSR count). The second kappa shape index (κ2) is 16.4. The number of phenols is 1. The van der Waals surface area contributed by atoms with Gasteiger partial charge in [-0.3, -0.25) is 24.5 Å². The molecular formula is C41H38ClN7O6S2. The van der Waals surface area contributed by atoms with E-state index in [-0.39, 0.29) is 39.7 Å². The summed E-state index contributed by atoms with van der Waals surface area (Å²) in [5.41, 5.74) is 16.7. The fourth-order valence-corrected chi connectivity index (χ4v) is 8.16. The second-order valence-corrected chi connectivity index (χ2v) is 15.3. The number of carboxylic acids is 1. The standard InChI is InChI=1S/C21H14N2O5S.C18H19ClN4S.C2H5NO/c22-21(29)23-10-1-4-13(16(7-10)20(26)27)19-14-5-2-11(24)8-17(14)28-18-9-12(25)3-6-15(18)19;1-10-11(2)24-18-16(10)17(13-5-7-14(19)8-6-13)20-9-15-22(4)21-12(3)23(15)18;1-2(3)4/h1-9,24H,(H,26,27)(H3,22,23,29);5-8,15H,9H2,1-4H3;1H3,(H2,3,4). The monoisotopic (exact) mass is 823 g/mol. The molecule has 0 bridgehead atoms. The Kier molecular flexibility index (Phi) is 11.6. The Bertz CT molecular complexity index is 2650. The van der Waals surface area contributed by atoms with Crippen molar-refractivity contribution in [2.75, 3.05) is 23.8 Å². The third kappa shape index (κ3) is 8.45. The highest BCUT2D eigenvalue weighted by atomic mass is 35.5. The van der Waals surface area contributed by atoms with Crippen molar-refractivity contribution < 1.29 is 24.2 Å². The maximum Gasteiger partial charge on any atom is 0.336 e. The topological polar surface area (TPSA) is 200 Å². The number of likely N-dealkylation sites (N-methyl/N-ethyl adjacent to an activating group) is 1. The van der Waals surface area contributed by atoms with Gasteiger partial charge in [0.2, 0.25) is 5.91 Å². The molecule has 0 fully saturated rings. The largest absolute Gasteiger partial charge is 0.508 e. The molecule has 3 aromatic carbocycles. The Morgan fingerprint density at radius 2 is 1.67 bits per heavy atom. The molecule has 57 heavy (non-hydrogen) atoms. The van der Waals surface area contributed by atoms with Crippen molar-refractivity contribution in [1.82, 2.24) is 5.01 Å². The number of thiophene rings is 1. The molecule has 1 unspecified atom stereocenters. The van der Waals surface area contributed by atoms with E-state index in [2.05, 4.69) is 54.0 Å². The molecular weight excluding hydrogens is 786 g/mol. The first kappa shape index (κ1) is 40.4. The van der Waals surface area contributed by atoms with Gasteiger partial charge in [-0.2, -0.15) is 5.10 Å². The van der Waals surface area contributed by atoms with Crippen LogP contribution in [-0.4, -0.2) is 63.5 Å². The van der Waals surface area contributed by atoms with E-state index in [1.807, 2.05) is 35.5 Å². The molecule has 292 valence electrons. The minimum Gasteiger partial charge on any atom is -0.508 e. The normalized spacial score (nSPS) is 14.2. The summed E-state index contributed by atoms with van der Waals surface area (Å²) in [6.07, 6.45) is 0.144. The molecule has 4 aromatic rings. The van der Waals surface area contributed by atoms with Crippen LogP contribution in [0.1, 0.15) is 45.8 Å². The number of nitrogens with two attached hydrogens (primary N) is 2. The summed E-state index contributed by atoms with van der Waals surface area (Å²) >= 11 is 12.7. The van der Waals surface area contributed by atoms with Crippen LogP contribution in [0, 0.1) is 13.8 Å². The first-order chi connectivity index (χ1) is 27.0. The van der Waals surface area contributed by atoms with Crippen LogP contribution in [-0.2, 0) is 4.79 Å². The zero-order valence-electron chi connectivity index (χ0n) is 31.5. The highest BCUT2D eigenvalue weighted by Crippen LogP contribution is 2.43. The fraction of sp³-hybridized carbons (Fsp3) is 0.171. The lowest BCUT2D eigenvalue weighted by molar-refractivity contribution is -0.115. The minimum atomic E-state index is -1.15. The number of nitrogens with one attached hydrogen (secondary N) is 1. The number of hydrazone groups is 1. The summed E-state index contributed by atoms with van der Waals surface area (Å²) in [6.45, 7) is 8.42. The number of carbonyl (C=O) groups excluding carboxylic acids is 1. The number of carbonyl (C=O) groups is 2. The number of fused-ring (bicyclic) bond motifs is 5. The Balaban J connectivity index is 0.000000179. The van der Waals surface area contributed by atoms with E-state index in [0.717, 1.165) is 22.1 Å². The van der Waals surface area contributed by atoms with E-state index in [1.165, 1.54) is 58.3 Å². The number of aromatic hydroxyl groups is 1. The Hall–Kier alpha value is -6.29. The number of rotatable bonds is 4. The maximum absolute atomic E-state index is 12.0. The lowest BCUT2D eigenvalue weighted by atomic mass is 9.90. The van der Waals surface area contributed by atoms with E-state index in [9.17, 15) is 24.6 Å². The van der Waals surface area contributed by atoms with Crippen molar-refractivity contribution in [3.63, 3.8) is 0 Å². The Morgan fingerprint density at radius 1 is 0.982 bits per heavy atom. The molecule has 16 heteroatoms. The SMILES string of the molecule is CC(N)=O.CC1=NN(C)C2CN=C(c3ccc(Cl)cc3)c3c(sc(C)c3C)N12.NC(=S)Nc1ccc(-c2c3ccc(=O)cc-3oc3cc(O)ccc23)c(C(=O)O)c1. The van der Waals surface area contributed by atoms with Crippen molar-refractivity contribution in [2.24, 2.45) is 21.6 Å². The molecule has 1 aromatic heterocycles. The molecule has 4 heterocycles. The van der Waals surface area contributed by atoms with Crippen molar-refractivity contribution in [1.29, 1.82) is 0 Å². The number of hydrogen-bond donors (Lipinski definition) is 5. The van der Waals surface area contributed by atoms with Gasteiger partial charge in [-0.15, -0.1) is 11.3 Å². The van der Waals surface area contributed by atoms with Crippen molar-refractivity contribution in [3.05, 3.63) is 121 Å². The molecule has 4 aliphatic rings. The number of hydrogen-bond acceptors (Lipinski definition) is 11. The van der Waals surface area contributed by atoms with E-state index in [0.29, 0.717) is 39.9 Å². The third-order valence-electron chi connectivity index (χ3n) is 9.20. The number of carboxylic acid groups (broad SMARTS) is 1. The number of phenolic OH excluding ortho intramolecular Hbond substituents is 1. The molecule has 1 aliphatic carbocycles. The predicted molar refractivity (Wildman–Crippen MR) is 231 cm³/mol. The van der Waals surface area contributed by atoms with Gasteiger partial charge < -0.3 is 31.4 Å². The fourth-order valence-electron chi connectivity index (χ4n) is 6.67. The number of amides is 1. The number of halogens is 1. The molecule has 0 spiro atoms. The first-order valence-electron chi connectivity index (χ1n) is 17.4. The van der Waals surface area contributed by atoms with Crippen LogP contribution in [0.4, 0.5) is 10.7 Å². The van der Waals surface area contributed by atoms with Crippen LogP contribution in [0.3, 0.4) is 0 Å². The van der Waals surface area contributed by atoms with Gasteiger partial charge in [0.15, 0.2) is 10.5 Å². The average molecular weight is 824 g/mol. The van der Waals surface area contributed by atoms with Crippen LogP contribution in [0.15, 0.2) is 98.2 Å². The summed E-state index contributed by atoms with van der Waals surface area (Å²) in [7, 11) is 2.02. The molecule has 0 radical (unpaired) electrons. The summed E-state index contributed by atoms with van der Waals surface area (Å²) in [5.74, 6) is -0.183. The first-order valence-corrected chi connectivity index (χ1v) is 19.0. The number of benzene rings is 4. The summed E-state index contributed by atoms with van der Waals surface area (Å²) in [4.78, 5) is 41.7. The summed E-state index contributed by atoms with van der Waals surface area (Å²) < 4.78 is 5.79. The molecule has 1 amide bonds. The quantitative estimate of drug-likeness (QED) is 0.0877. The predicted octanol–water partition coefficient (Wildman–Crippen LogP) is 7.40. The van der Waals surface area contributed by atoms with E-state index < -0.39 is 5.97 Å². The van der Waals surface area contributed by atoms with Gasteiger partial charge in [-0.25, -0.2) is 4.79 Å². The average Bonchev–Trinajstić information content (AvgIpc) is 3.51.